The molecule has 126 valence electrons. The molecule has 3 aromatic rings. The molecule has 4 nitrogen and oxygen atoms in total. The summed E-state index contributed by atoms with van der Waals surface area (Å²) < 4.78 is 5.86. The van der Waals surface area contributed by atoms with E-state index in [4.69, 9.17) is 4.74 Å². The highest BCUT2D eigenvalue weighted by Crippen LogP contribution is 2.20. The zero-order valence-electron chi connectivity index (χ0n) is 13.8. The first-order valence-electron chi connectivity index (χ1n) is 8.16. The smallest absolute Gasteiger partial charge is 0.335 e. The molecule has 0 fully saturated rings. The largest absolute Gasteiger partial charge is 0.478 e. The van der Waals surface area contributed by atoms with Crippen LogP contribution >= 0.6 is 0 Å². The number of aromatic carboxylic acids is 1. The van der Waals surface area contributed by atoms with Crippen molar-refractivity contribution >= 4 is 5.97 Å². The van der Waals surface area contributed by atoms with Gasteiger partial charge >= 0.3 is 5.97 Å². The van der Waals surface area contributed by atoms with E-state index in [-0.39, 0.29) is 0 Å². The van der Waals surface area contributed by atoms with Crippen LogP contribution in [0.4, 0.5) is 0 Å². The van der Waals surface area contributed by atoms with Crippen LogP contribution in [0.1, 0.15) is 27.0 Å². The number of pyridine rings is 1. The van der Waals surface area contributed by atoms with E-state index < -0.39 is 5.97 Å². The quantitative estimate of drug-likeness (QED) is 0.706. The minimum atomic E-state index is -0.901. The van der Waals surface area contributed by atoms with Crippen molar-refractivity contribution in [2.75, 3.05) is 0 Å². The normalized spacial score (nSPS) is 10.4. The number of hydrogen-bond donors (Lipinski definition) is 1. The third-order valence-electron chi connectivity index (χ3n) is 3.98. The first kappa shape index (κ1) is 16.7. The fourth-order valence-electron chi connectivity index (χ4n) is 2.69. The molecule has 0 atom stereocenters. The van der Waals surface area contributed by atoms with Gasteiger partial charge in [0.05, 0.1) is 5.56 Å². The van der Waals surface area contributed by atoms with Crippen molar-refractivity contribution in [3.8, 4) is 5.88 Å². The van der Waals surface area contributed by atoms with Gasteiger partial charge in [0.1, 0.15) is 6.61 Å². The van der Waals surface area contributed by atoms with Crippen LogP contribution in [-0.4, -0.2) is 16.1 Å². The van der Waals surface area contributed by atoms with E-state index in [1.807, 2.05) is 54.6 Å². The predicted octanol–water partition coefficient (Wildman–Crippen LogP) is 4.14. The lowest BCUT2D eigenvalue weighted by atomic mass is 10.0. The van der Waals surface area contributed by atoms with E-state index in [1.54, 1.807) is 18.3 Å². The lowest BCUT2D eigenvalue weighted by Gasteiger charge is -2.11. The lowest BCUT2D eigenvalue weighted by molar-refractivity contribution is 0.0695. The SMILES string of the molecule is O=C(O)c1ccccc1CCc1cccnc1OCc1ccccc1. The summed E-state index contributed by atoms with van der Waals surface area (Å²) >= 11 is 0. The molecule has 0 aliphatic rings. The fourth-order valence-corrected chi connectivity index (χ4v) is 2.69. The third kappa shape index (κ3) is 4.44. The van der Waals surface area contributed by atoms with Crippen molar-refractivity contribution in [1.82, 2.24) is 4.98 Å². The Morgan fingerprint density at radius 1 is 0.880 bits per heavy atom. The maximum Gasteiger partial charge on any atom is 0.335 e. The summed E-state index contributed by atoms with van der Waals surface area (Å²) in [7, 11) is 0. The van der Waals surface area contributed by atoms with E-state index >= 15 is 0 Å². The van der Waals surface area contributed by atoms with Gasteiger partial charge in [-0.2, -0.15) is 0 Å². The van der Waals surface area contributed by atoms with Crippen LogP contribution in [0.15, 0.2) is 72.9 Å². The minimum Gasteiger partial charge on any atom is -0.478 e. The Bertz CT molecular complexity index is 847. The molecule has 0 amide bonds. The van der Waals surface area contributed by atoms with E-state index in [0.29, 0.717) is 30.9 Å². The number of ether oxygens (including phenoxy) is 1. The molecular formula is C21H19NO3. The van der Waals surface area contributed by atoms with Crippen LogP contribution in [0.3, 0.4) is 0 Å². The average molecular weight is 333 g/mol. The summed E-state index contributed by atoms with van der Waals surface area (Å²) in [5.74, 6) is -0.304. The summed E-state index contributed by atoms with van der Waals surface area (Å²) in [6.45, 7) is 0.455. The first-order valence-corrected chi connectivity index (χ1v) is 8.16. The van der Waals surface area contributed by atoms with Crippen LogP contribution in [-0.2, 0) is 19.4 Å². The Morgan fingerprint density at radius 3 is 2.36 bits per heavy atom. The maximum absolute atomic E-state index is 11.3. The van der Waals surface area contributed by atoms with Crippen molar-refractivity contribution in [3.05, 3.63) is 95.2 Å². The number of rotatable bonds is 7. The van der Waals surface area contributed by atoms with E-state index in [1.165, 1.54) is 0 Å². The van der Waals surface area contributed by atoms with Gasteiger partial charge in [0.15, 0.2) is 0 Å². The third-order valence-corrected chi connectivity index (χ3v) is 3.98. The number of benzene rings is 2. The van der Waals surface area contributed by atoms with Crippen molar-refractivity contribution in [2.24, 2.45) is 0 Å². The van der Waals surface area contributed by atoms with Gasteiger partial charge in [-0.15, -0.1) is 0 Å². The molecule has 1 N–H and O–H groups in total. The van der Waals surface area contributed by atoms with Crippen molar-refractivity contribution in [2.45, 2.75) is 19.4 Å². The fraction of sp³-hybridized carbons (Fsp3) is 0.143. The summed E-state index contributed by atoms with van der Waals surface area (Å²) in [6.07, 6.45) is 2.99. The summed E-state index contributed by atoms with van der Waals surface area (Å²) in [6, 6.07) is 20.8. The average Bonchev–Trinajstić information content (AvgIpc) is 2.66. The van der Waals surface area contributed by atoms with Crippen molar-refractivity contribution < 1.29 is 14.6 Å². The molecule has 1 heterocycles. The van der Waals surface area contributed by atoms with Crippen LogP contribution in [0.2, 0.25) is 0 Å². The molecule has 0 aliphatic heterocycles. The second-order valence-corrected chi connectivity index (χ2v) is 5.70. The Labute approximate surface area is 146 Å². The summed E-state index contributed by atoms with van der Waals surface area (Å²) in [5.41, 5.74) is 3.21. The number of hydrogen-bond acceptors (Lipinski definition) is 3. The van der Waals surface area contributed by atoms with Gasteiger partial charge < -0.3 is 9.84 Å². The van der Waals surface area contributed by atoms with Crippen LogP contribution in [0, 0.1) is 0 Å². The molecule has 4 heteroatoms. The van der Waals surface area contributed by atoms with Gasteiger partial charge in [-0.1, -0.05) is 54.6 Å². The van der Waals surface area contributed by atoms with Gasteiger partial charge in [-0.25, -0.2) is 9.78 Å². The van der Waals surface area contributed by atoms with Gasteiger partial charge in [0, 0.05) is 11.8 Å². The monoisotopic (exact) mass is 333 g/mol. The Balaban J connectivity index is 1.70. The molecule has 0 unspecified atom stereocenters. The second kappa shape index (κ2) is 8.11. The van der Waals surface area contributed by atoms with Crippen LogP contribution in [0.5, 0.6) is 5.88 Å². The summed E-state index contributed by atoms with van der Waals surface area (Å²) in [4.78, 5) is 15.6. The second-order valence-electron chi connectivity index (χ2n) is 5.70. The van der Waals surface area contributed by atoms with Gasteiger partial charge in [-0.05, 0) is 36.1 Å². The number of carboxylic acid groups (broad SMARTS) is 1. The van der Waals surface area contributed by atoms with E-state index in [9.17, 15) is 9.90 Å². The lowest BCUT2D eigenvalue weighted by Crippen LogP contribution is -2.05. The highest BCUT2D eigenvalue weighted by molar-refractivity contribution is 5.89. The van der Waals surface area contributed by atoms with Crippen LogP contribution in [0.25, 0.3) is 0 Å². The molecule has 0 saturated heterocycles. The predicted molar refractivity (Wildman–Crippen MR) is 95.8 cm³/mol. The Hall–Kier alpha value is -3.14. The zero-order valence-corrected chi connectivity index (χ0v) is 13.8. The van der Waals surface area contributed by atoms with Gasteiger partial charge in [0.2, 0.25) is 5.88 Å². The van der Waals surface area contributed by atoms with Crippen molar-refractivity contribution in [1.29, 1.82) is 0 Å². The van der Waals surface area contributed by atoms with Gasteiger partial charge in [-0.3, -0.25) is 0 Å². The molecular weight excluding hydrogens is 314 g/mol. The number of carbonyl (C=O) groups is 1. The standard InChI is InChI=1S/C21H19NO3/c23-21(24)19-11-5-4-9-17(19)12-13-18-10-6-14-22-20(18)25-15-16-7-2-1-3-8-16/h1-11,14H,12-13,15H2,(H,23,24). The number of aryl methyl sites for hydroxylation is 2. The molecule has 0 saturated carbocycles. The van der Waals surface area contributed by atoms with E-state index in [0.717, 1.165) is 16.7 Å². The maximum atomic E-state index is 11.3. The van der Waals surface area contributed by atoms with Gasteiger partial charge in [0.25, 0.3) is 0 Å². The van der Waals surface area contributed by atoms with E-state index in [2.05, 4.69) is 4.98 Å². The number of nitrogens with zero attached hydrogens (tertiary/aromatic N) is 1. The molecule has 3 rings (SSSR count). The molecule has 0 spiro atoms. The van der Waals surface area contributed by atoms with Crippen LogP contribution < -0.4 is 4.74 Å². The molecule has 0 radical (unpaired) electrons. The molecule has 25 heavy (non-hydrogen) atoms. The number of carboxylic acids is 1. The molecule has 2 aromatic carbocycles. The molecule has 0 aliphatic carbocycles. The summed E-state index contributed by atoms with van der Waals surface area (Å²) in [5, 5.41) is 9.29. The minimum absolute atomic E-state index is 0.346. The first-order chi connectivity index (χ1) is 12.2. The highest BCUT2D eigenvalue weighted by atomic mass is 16.5. The topological polar surface area (TPSA) is 59.4 Å². The molecule has 0 bridgehead atoms. The zero-order chi connectivity index (χ0) is 17.5. The number of aromatic nitrogens is 1. The highest BCUT2D eigenvalue weighted by Gasteiger charge is 2.11. The Kier molecular flexibility index (Phi) is 5.42. The Morgan fingerprint density at radius 2 is 1.56 bits per heavy atom. The van der Waals surface area contributed by atoms with Crippen molar-refractivity contribution in [3.63, 3.8) is 0 Å². The molecule has 1 aromatic heterocycles.